The summed E-state index contributed by atoms with van der Waals surface area (Å²) in [7, 11) is 1.78. The van der Waals surface area contributed by atoms with Crippen LogP contribution in [0.4, 0.5) is 4.79 Å². The predicted molar refractivity (Wildman–Crippen MR) is 133 cm³/mol. The van der Waals surface area contributed by atoms with Crippen LogP contribution in [-0.4, -0.2) is 54.7 Å². The molecule has 7 nitrogen and oxygen atoms in total. The molecule has 0 unspecified atom stereocenters. The molecule has 0 saturated heterocycles. The van der Waals surface area contributed by atoms with Crippen molar-refractivity contribution in [2.75, 3.05) is 26.7 Å². The Kier molecular flexibility index (Phi) is 8.06. The van der Waals surface area contributed by atoms with Gasteiger partial charge in [0.1, 0.15) is 6.61 Å². The van der Waals surface area contributed by atoms with E-state index in [9.17, 15) is 14.4 Å². The van der Waals surface area contributed by atoms with Gasteiger partial charge in [-0.15, -0.1) is 0 Å². The molecule has 0 aliphatic heterocycles. The zero-order chi connectivity index (χ0) is 24.8. The van der Waals surface area contributed by atoms with Crippen LogP contribution < -0.4 is 5.32 Å². The second-order valence-corrected chi connectivity index (χ2v) is 9.61. The van der Waals surface area contributed by atoms with E-state index in [4.69, 9.17) is 9.84 Å². The number of carbonyl (C=O) groups is 3. The Balaban J connectivity index is 1.26. The van der Waals surface area contributed by atoms with E-state index in [2.05, 4.69) is 29.6 Å². The van der Waals surface area contributed by atoms with Crippen LogP contribution in [0.3, 0.4) is 0 Å². The summed E-state index contributed by atoms with van der Waals surface area (Å²) in [5.74, 6) is -0.743. The summed E-state index contributed by atoms with van der Waals surface area (Å²) in [6.07, 6.45) is 3.57. The molecule has 0 radical (unpaired) electrons. The SMILES string of the molecule is CN(CCCCC(=O)O)C(=O)[C@@H]1CCC[C@@H]1CNC(=O)OCC1c2ccccc2-c2ccccc21. The molecule has 1 fully saturated rings. The summed E-state index contributed by atoms with van der Waals surface area (Å²) in [4.78, 5) is 37.8. The fraction of sp³-hybridized carbons (Fsp3) is 0.464. The normalized spacial score (nSPS) is 18.5. The van der Waals surface area contributed by atoms with Gasteiger partial charge in [0.05, 0.1) is 0 Å². The summed E-state index contributed by atoms with van der Waals surface area (Å²) < 4.78 is 5.63. The van der Waals surface area contributed by atoms with Crippen LogP contribution in [0.25, 0.3) is 11.1 Å². The van der Waals surface area contributed by atoms with E-state index in [1.807, 2.05) is 24.3 Å². The fourth-order valence-electron chi connectivity index (χ4n) is 5.49. The van der Waals surface area contributed by atoms with Crippen LogP contribution >= 0.6 is 0 Å². The van der Waals surface area contributed by atoms with Gasteiger partial charge in [0, 0.05) is 38.4 Å². The number of hydrogen-bond donors (Lipinski definition) is 2. The minimum atomic E-state index is -0.811. The molecule has 0 aromatic heterocycles. The van der Waals surface area contributed by atoms with Crippen LogP contribution in [0, 0.1) is 11.8 Å². The molecule has 35 heavy (non-hydrogen) atoms. The summed E-state index contributed by atoms with van der Waals surface area (Å²) in [6, 6.07) is 16.5. The Morgan fingerprint density at radius 2 is 1.66 bits per heavy atom. The number of hydrogen-bond acceptors (Lipinski definition) is 4. The quantitative estimate of drug-likeness (QED) is 0.485. The van der Waals surface area contributed by atoms with E-state index < -0.39 is 12.1 Å². The molecule has 2 atom stereocenters. The molecular formula is C28H34N2O5. The lowest BCUT2D eigenvalue weighted by molar-refractivity contribution is -0.137. The average molecular weight is 479 g/mol. The molecule has 2 aromatic carbocycles. The number of unbranched alkanes of at least 4 members (excludes halogenated alkanes) is 1. The van der Waals surface area contributed by atoms with Crippen molar-refractivity contribution >= 4 is 18.0 Å². The Hall–Kier alpha value is -3.35. The fourth-order valence-corrected chi connectivity index (χ4v) is 5.49. The molecule has 2 aliphatic carbocycles. The van der Waals surface area contributed by atoms with Gasteiger partial charge in [-0.05, 0) is 53.9 Å². The van der Waals surface area contributed by atoms with Crippen molar-refractivity contribution in [3.63, 3.8) is 0 Å². The number of rotatable bonds is 10. The molecule has 0 bridgehead atoms. The molecule has 2 amide bonds. The Bertz CT molecular complexity index is 1020. The lowest BCUT2D eigenvalue weighted by atomic mass is 9.94. The predicted octanol–water partition coefficient (Wildman–Crippen LogP) is 4.65. The second-order valence-electron chi connectivity index (χ2n) is 9.61. The standard InChI is InChI=1S/C28H34N2O5/c1-30(16-7-6-15-26(31)32)27(33)20-14-8-9-19(20)17-29-28(34)35-18-25-23-12-4-2-10-21(23)22-11-3-5-13-24(22)25/h2-5,10-13,19-20,25H,6-9,14-18H2,1H3,(H,29,34)(H,31,32)/t19-,20-/m1/s1. The molecule has 7 heteroatoms. The summed E-state index contributed by atoms with van der Waals surface area (Å²) in [5, 5.41) is 11.6. The van der Waals surface area contributed by atoms with Gasteiger partial charge < -0.3 is 20.1 Å². The van der Waals surface area contributed by atoms with Gasteiger partial charge >= 0.3 is 12.1 Å². The van der Waals surface area contributed by atoms with E-state index in [0.717, 1.165) is 19.3 Å². The molecule has 1 saturated carbocycles. The van der Waals surface area contributed by atoms with Crippen molar-refractivity contribution < 1.29 is 24.2 Å². The van der Waals surface area contributed by atoms with Gasteiger partial charge in [0.25, 0.3) is 0 Å². The van der Waals surface area contributed by atoms with Crippen LogP contribution in [-0.2, 0) is 14.3 Å². The summed E-state index contributed by atoms with van der Waals surface area (Å²) in [6.45, 7) is 1.24. The number of nitrogens with one attached hydrogen (secondary N) is 1. The number of nitrogens with zero attached hydrogens (tertiary/aromatic N) is 1. The van der Waals surface area contributed by atoms with Crippen molar-refractivity contribution in [1.82, 2.24) is 10.2 Å². The number of alkyl carbamates (subject to hydrolysis) is 1. The smallest absolute Gasteiger partial charge is 0.407 e. The maximum Gasteiger partial charge on any atom is 0.407 e. The van der Waals surface area contributed by atoms with Crippen molar-refractivity contribution in [2.24, 2.45) is 11.8 Å². The number of carboxylic acids is 1. The first kappa shape index (κ1) is 24.8. The van der Waals surface area contributed by atoms with E-state index >= 15 is 0 Å². The highest BCUT2D eigenvalue weighted by Gasteiger charge is 2.35. The third-order valence-electron chi connectivity index (χ3n) is 7.34. The van der Waals surface area contributed by atoms with Crippen molar-refractivity contribution in [3.05, 3.63) is 59.7 Å². The minimum Gasteiger partial charge on any atom is -0.481 e. The molecule has 0 spiro atoms. The lowest BCUT2D eigenvalue weighted by Crippen LogP contribution is -2.39. The number of carbonyl (C=O) groups excluding carboxylic acids is 2. The van der Waals surface area contributed by atoms with E-state index in [1.165, 1.54) is 22.3 Å². The van der Waals surface area contributed by atoms with Crippen LogP contribution in [0.5, 0.6) is 0 Å². The van der Waals surface area contributed by atoms with Crippen LogP contribution in [0.15, 0.2) is 48.5 Å². The molecular weight excluding hydrogens is 444 g/mol. The zero-order valence-corrected chi connectivity index (χ0v) is 20.2. The van der Waals surface area contributed by atoms with Gasteiger partial charge in [0.2, 0.25) is 5.91 Å². The monoisotopic (exact) mass is 478 g/mol. The number of benzene rings is 2. The van der Waals surface area contributed by atoms with Gasteiger partial charge in [-0.25, -0.2) is 4.79 Å². The number of fused-ring (bicyclic) bond motifs is 3. The highest BCUT2D eigenvalue weighted by molar-refractivity contribution is 5.80. The van der Waals surface area contributed by atoms with Gasteiger partial charge in [-0.1, -0.05) is 55.0 Å². The second kappa shape index (κ2) is 11.4. The number of carboxylic acid groups (broad SMARTS) is 1. The topological polar surface area (TPSA) is 95.9 Å². The summed E-state index contributed by atoms with van der Waals surface area (Å²) >= 11 is 0. The zero-order valence-electron chi connectivity index (χ0n) is 20.2. The first-order chi connectivity index (χ1) is 17.0. The molecule has 2 aliphatic rings. The first-order valence-electron chi connectivity index (χ1n) is 12.5. The number of amides is 2. The van der Waals surface area contributed by atoms with Crippen LogP contribution in [0.1, 0.15) is 55.6 Å². The van der Waals surface area contributed by atoms with E-state index in [0.29, 0.717) is 25.9 Å². The summed E-state index contributed by atoms with van der Waals surface area (Å²) in [5.41, 5.74) is 4.73. The Morgan fingerprint density at radius 1 is 1.00 bits per heavy atom. The number of ether oxygens (including phenoxy) is 1. The van der Waals surface area contributed by atoms with Crippen molar-refractivity contribution in [3.8, 4) is 11.1 Å². The van der Waals surface area contributed by atoms with E-state index in [-0.39, 0.29) is 36.7 Å². The molecule has 4 rings (SSSR count). The van der Waals surface area contributed by atoms with Crippen molar-refractivity contribution in [1.29, 1.82) is 0 Å². The first-order valence-corrected chi connectivity index (χ1v) is 12.5. The number of aliphatic carboxylic acids is 1. The minimum absolute atomic E-state index is 0.0173. The average Bonchev–Trinajstić information content (AvgIpc) is 3.46. The van der Waals surface area contributed by atoms with Gasteiger partial charge in [-0.3, -0.25) is 9.59 Å². The maximum absolute atomic E-state index is 12.9. The maximum atomic E-state index is 12.9. The Morgan fingerprint density at radius 3 is 2.31 bits per heavy atom. The third-order valence-corrected chi connectivity index (χ3v) is 7.34. The molecule has 0 heterocycles. The largest absolute Gasteiger partial charge is 0.481 e. The highest BCUT2D eigenvalue weighted by atomic mass is 16.5. The molecule has 2 aromatic rings. The van der Waals surface area contributed by atoms with Gasteiger partial charge in [-0.2, -0.15) is 0 Å². The van der Waals surface area contributed by atoms with E-state index in [1.54, 1.807) is 11.9 Å². The Labute approximate surface area is 206 Å². The van der Waals surface area contributed by atoms with Crippen LogP contribution in [0.2, 0.25) is 0 Å². The molecule has 2 N–H and O–H groups in total. The van der Waals surface area contributed by atoms with Crippen molar-refractivity contribution in [2.45, 2.75) is 44.4 Å². The van der Waals surface area contributed by atoms with Gasteiger partial charge in [0.15, 0.2) is 0 Å². The highest BCUT2D eigenvalue weighted by Crippen LogP contribution is 2.44. The lowest BCUT2D eigenvalue weighted by Gasteiger charge is -2.25. The molecule has 186 valence electrons. The third kappa shape index (κ3) is 5.84.